The van der Waals surface area contributed by atoms with Crippen molar-refractivity contribution in [3.05, 3.63) is 23.3 Å². The van der Waals surface area contributed by atoms with Gasteiger partial charge in [-0.15, -0.1) is 0 Å². The van der Waals surface area contributed by atoms with E-state index in [9.17, 15) is 21.6 Å². The Labute approximate surface area is 160 Å². The Morgan fingerprint density at radius 3 is 2.36 bits per heavy atom. The molecule has 0 bridgehead atoms. The molecule has 3 fully saturated rings. The average Bonchev–Trinajstić information content (AvgIpc) is 3.06. The summed E-state index contributed by atoms with van der Waals surface area (Å²) in [4.78, 5) is -0.944. The summed E-state index contributed by atoms with van der Waals surface area (Å²) in [7, 11) is -4.67. The molecule has 156 valence electrons. The molecule has 4 rings (SSSR count). The van der Waals surface area contributed by atoms with Crippen LogP contribution in [-0.4, -0.2) is 27.0 Å². The van der Waals surface area contributed by atoms with Crippen LogP contribution in [0, 0.1) is 5.92 Å². The molecule has 9 nitrogen and oxygen atoms in total. The Balaban J connectivity index is 1.84. The zero-order valence-corrected chi connectivity index (χ0v) is 15.6. The van der Waals surface area contributed by atoms with E-state index < -0.39 is 32.8 Å². The first kappa shape index (κ1) is 19.8. The van der Waals surface area contributed by atoms with Crippen molar-refractivity contribution in [1.82, 2.24) is 27.2 Å². The maximum Gasteiger partial charge on any atom is 0.417 e. The highest BCUT2D eigenvalue weighted by Crippen LogP contribution is 2.49. The number of anilines is 1. The quantitative estimate of drug-likeness (QED) is 0.354. The molecule has 1 saturated carbocycles. The van der Waals surface area contributed by atoms with Crippen LogP contribution in [0.15, 0.2) is 17.0 Å². The van der Waals surface area contributed by atoms with E-state index in [1.807, 2.05) is 0 Å². The van der Waals surface area contributed by atoms with Gasteiger partial charge in [0, 0.05) is 23.3 Å². The van der Waals surface area contributed by atoms with Crippen molar-refractivity contribution in [2.75, 3.05) is 18.4 Å². The van der Waals surface area contributed by atoms with Crippen molar-refractivity contribution in [2.24, 2.45) is 11.1 Å². The average molecular weight is 421 g/mol. The van der Waals surface area contributed by atoms with E-state index in [1.165, 1.54) is 6.07 Å². The minimum atomic E-state index is -4.87. The second-order valence-corrected chi connectivity index (χ2v) is 8.89. The standard InChI is InChI=1S/C15H22F3N7O2S/c16-15(17,18)9-1-2-10(21-14(4-5-14)8-3-6-20-7-8)11(12(9)28(19,26)27)13-22-24-25-23-13/h1-2,8,13,20-25H,3-7H2,(H2,19,26,27). The molecule has 1 unspecified atom stereocenters. The van der Waals surface area contributed by atoms with Gasteiger partial charge >= 0.3 is 6.18 Å². The fourth-order valence-electron chi connectivity index (χ4n) is 4.09. The zero-order valence-electron chi connectivity index (χ0n) is 14.8. The molecule has 28 heavy (non-hydrogen) atoms. The third-order valence-corrected chi connectivity index (χ3v) is 6.59. The van der Waals surface area contributed by atoms with Gasteiger partial charge in [-0.25, -0.2) is 24.4 Å². The molecule has 2 saturated heterocycles. The van der Waals surface area contributed by atoms with Crippen molar-refractivity contribution < 1.29 is 21.6 Å². The monoisotopic (exact) mass is 421 g/mol. The molecule has 0 spiro atoms. The zero-order chi connectivity index (χ0) is 20.2. The third-order valence-electron chi connectivity index (χ3n) is 5.58. The van der Waals surface area contributed by atoms with Gasteiger partial charge in [0.15, 0.2) is 0 Å². The SMILES string of the molecule is NS(=O)(=O)c1c(C(F)(F)F)ccc(NC2(C3CCNC3)CC2)c1C1NNNN1. The molecule has 2 aliphatic heterocycles. The number of hydrogen-bond acceptors (Lipinski definition) is 8. The van der Waals surface area contributed by atoms with Gasteiger partial charge < -0.3 is 10.6 Å². The predicted molar refractivity (Wildman–Crippen MR) is 94.7 cm³/mol. The van der Waals surface area contributed by atoms with Crippen LogP contribution >= 0.6 is 0 Å². The summed E-state index contributed by atoms with van der Waals surface area (Å²) in [5.41, 5.74) is 8.99. The van der Waals surface area contributed by atoms with Crippen LogP contribution in [0.4, 0.5) is 18.9 Å². The lowest BCUT2D eigenvalue weighted by molar-refractivity contribution is -0.140. The number of nitrogens with one attached hydrogen (secondary N) is 6. The summed E-state index contributed by atoms with van der Waals surface area (Å²) in [5, 5.41) is 11.9. The van der Waals surface area contributed by atoms with Gasteiger partial charge in [0.1, 0.15) is 11.1 Å². The number of halogens is 3. The molecule has 13 heteroatoms. The van der Waals surface area contributed by atoms with Crippen LogP contribution in [0.2, 0.25) is 0 Å². The summed E-state index contributed by atoms with van der Waals surface area (Å²) in [6, 6.07) is 2.04. The van der Waals surface area contributed by atoms with Crippen molar-refractivity contribution in [3.63, 3.8) is 0 Å². The molecule has 1 aliphatic carbocycles. The van der Waals surface area contributed by atoms with Crippen LogP contribution in [0.3, 0.4) is 0 Å². The molecular formula is C15H22F3N7O2S. The molecule has 8 N–H and O–H groups in total. The van der Waals surface area contributed by atoms with E-state index in [2.05, 4.69) is 32.6 Å². The third kappa shape index (κ3) is 3.58. The maximum absolute atomic E-state index is 13.6. The molecule has 0 amide bonds. The van der Waals surface area contributed by atoms with Crippen molar-refractivity contribution >= 4 is 15.7 Å². The minimum absolute atomic E-state index is 0.105. The largest absolute Gasteiger partial charge is 0.417 e. The van der Waals surface area contributed by atoms with Crippen molar-refractivity contribution in [1.29, 1.82) is 0 Å². The fourth-order valence-corrected chi connectivity index (χ4v) is 5.11. The van der Waals surface area contributed by atoms with Gasteiger partial charge in [-0.1, -0.05) is 0 Å². The topological polar surface area (TPSA) is 132 Å². The Hall–Kier alpha value is -1.48. The number of hydrazine groups is 3. The van der Waals surface area contributed by atoms with E-state index in [1.54, 1.807) is 0 Å². The van der Waals surface area contributed by atoms with Crippen molar-refractivity contribution in [2.45, 2.75) is 42.0 Å². The van der Waals surface area contributed by atoms with E-state index in [0.717, 1.165) is 38.4 Å². The molecule has 1 atom stereocenters. The van der Waals surface area contributed by atoms with Gasteiger partial charge in [-0.3, -0.25) is 0 Å². The predicted octanol–water partition coefficient (Wildman–Crippen LogP) is 0.0224. The highest BCUT2D eigenvalue weighted by atomic mass is 32.2. The normalized spacial score (nSPS) is 25.2. The van der Waals surface area contributed by atoms with Gasteiger partial charge in [0.25, 0.3) is 0 Å². The Kier molecular flexibility index (Phi) is 4.81. The van der Waals surface area contributed by atoms with Crippen LogP contribution in [0.25, 0.3) is 0 Å². The highest BCUT2D eigenvalue weighted by molar-refractivity contribution is 7.89. The molecule has 3 aliphatic rings. The second kappa shape index (κ2) is 6.79. The molecule has 0 aromatic heterocycles. The number of benzene rings is 1. The van der Waals surface area contributed by atoms with Crippen LogP contribution in [-0.2, 0) is 16.2 Å². The van der Waals surface area contributed by atoms with E-state index >= 15 is 0 Å². The minimum Gasteiger partial charge on any atom is -0.379 e. The summed E-state index contributed by atoms with van der Waals surface area (Å²) in [6.45, 7) is 1.70. The molecule has 2 heterocycles. The van der Waals surface area contributed by atoms with Crippen LogP contribution < -0.4 is 37.7 Å². The van der Waals surface area contributed by atoms with E-state index in [-0.39, 0.29) is 11.1 Å². The summed E-state index contributed by atoms with van der Waals surface area (Å²) in [5.74, 6) is 0.321. The lowest BCUT2D eigenvalue weighted by Gasteiger charge is -2.29. The first-order valence-electron chi connectivity index (χ1n) is 8.89. The number of sulfonamides is 1. The smallest absolute Gasteiger partial charge is 0.379 e. The summed E-state index contributed by atoms with van der Waals surface area (Å²) >= 11 is 0. The Bertz CT molecular complexity index is 861. The van der Waals surface area contributed by atoms with Crippen molar-refractivity contribution in [3.8, 4) is 0 Å². The number of alkyl halides is 3. The van der Waals surface area contributed by atoms with Gasteiger partial charge in [-0.05, 0) is 43.9 Å². The van der Waals surface area contributed by atoms with Gasteiger partial charge in [0.05, 0.1) is 5.56 Å². The molecule has 1 aromatic rings. The van der Waals surface area contributed by atoms with Gasteiger partial charge in [0.2, 0.25) is 10.0 Å². The number of nitrogens with two attached hydrogens (primary N) is 1. The Morgan fingerprint density at radius 2 is 1.86 bits per heavy atom. The first-order valence-corrected chi connectivity index (χ1v) is 10.4. The maximum atomic E-state index is 13.6. The fraction of sp³-hybridized carbons (Fsp3) is 0.600. The number of primary sulfonamides is 1. The van der Waals surface area contributed by atoms with E-state index in [4.69, 9.17) is 5.14 Å². The molecule has 1 aromatic carbocycles. The lowest BCUT2D eigenvalue weighted by atomic mass is 9.95. The highest BCUT2D eigenvalue weighted by Gasteiger charge is 2.51. The first-order chi connectivity index (χ1) is 13.1. The molecule has 0 radical (unpaired) electrons. The number of hydrogen-bond donors (Lipinski definition) is 7. The van der Waals surface area contributed by atoms with Crippen LogP contribution in [0.1, 0.15) is 36.6 Å². The summed E-state index contributed by atoms with van der Waals surface area (Å²) in [6.07, 6.45) is -3.13. The van der Waals surface area contributed by atoms with Crippen LogP contribution in [0.5, 0.6) is 0 Å². The molecular weight excluding hydrogens is 399 g/mol. The number of rotatable bonds is 5. The van der Waals surface area contributed by atoms with Gasteiger partial charge in [-0.2, -0.15) is 24.2 Å². The summed E-state index contributed by atoms with van der Waals surface area (Å²) < 4.78 is 65.1. The Morgan fingerprint density at radius 1 is 1.18 bits per heavy atom. The second-order valence-electron chi connectivity index (χ2n) is 7.39. The van der Waals surface area contributed by atoms with E-state index in [0.29, 0.717) is 11.6 Å². The lowest BCUT2D eigenvalue weighted by Crippen LogP contribution is -2.36.